The van der Waals surface area contributed by atoms with Crippen molar-refractivity contribution in [3.8, 4) is 11.3 Å². The lowest BCUT2D eigenvalue weighted by atomic mass is 10.1. The van der Waals surface area contributed by atoms with E-state index in [2.05, 4.69) is 34.6 Å². The lowest BCUT2D eigenvalue weighted by Crippen LogP contribution is -2.22. The van der Waals surface area contributed by atoms with Crippen molar-refractivity contribution in [3.05, 3.63) is 31.0 Å². The van der Waals surface area contributed by atoms with Crippen LogP contribution in [0.3, 0.4) is 0 Å². The smallest absolute Gasteiger partial charge is 0.0951 e. The number of imidazole rings is 1. The van der Waals surface area contributed by atoms with Crippen molar-refractivity contribution >= 4 is 17.4 Å². The SMILES string of the molecule is CSC(C)(C)Cn1cncc1-c1cnccc1N. The van der Waals surface area contributed by atoms with Crippen LogP contribution in [0.15, 0.2) is 31.0 Å². The fourth-order valence-corrected chi connectivity index (χ4v) is 2.03. The van der Waals surface area contributed by atoms with Crippen molar-refractivity contribution in [2.75, 3.05) is 12.0 Å². The number of hydrogen-bond donors (Lipinski definition) is 1. The van der Waals surface area contributed by atoms with E-state index in [1.54, 1.807) is 12.4 Å². The maximum atomic E-state index is 5.99. The summed E-state index contributed by atoms with van der Waals surface area (Å²) in [5, 5.41) is 0. The molecule has 2 N–H and O–H groups in total. The summed E-state index contributed by atoms with van der Waals surface area (Å²) in [5.41, 5.74) is 8.67. The topological polar surface area (TPSA) is 56.7 Å². The third kappa shape index (κ3) is 2.67. The molecule has 0 amide bonds. The summed E-state index contributed by atoms with van der Waals surface area (Å²) in [7, 11) is 0. The normalized spacial score (nSPS) is 11.7. The van der Waals surface area contributed by atoms with Gasteiger partial charge in [-0.15, -0.1) is 0 Å². The molecule has 0 aliphatic carbocycles. The number of rotatable bonds is 4. The number of anilines is 1. The molecule has 2 aromatic rings. The Bertz CT molecular complexity index is 533. The van der Waals surface area contributed by atoms with Crippen LogP contribution in [0.5, 0.6) is 0 Å². The van der Waals surface area contributed by atoms with E-state index in [4.69, 9.17) is 5.73 Å². The molecule has 0 aromatic carbocycles. The van der Waals surface area contributed by atoms with E-state index in [1.807, 2.05) is 30.4 Å². The van der Waals surface area contributed by atoms with Crippen LogP contribution >= 0.6 is 11.8 Å². The van der Waals surface area contributed by atoms with Crippen molar-refractivity contribution in [2.45, 2.75) is 25.1 Å². The number of pyridine rings is 1. The monoisotopic (exact) mass is 262 g/mol. The zero-order valence-corrected chi connectivity index (χ0v) is 11.7. The molecule has 0 bridgehead atoms. The molecular formula is C13H18N4S. The van der Waals surface area contributed by atoms with Crippen molar-refractivity contribution in [1.82, 2.24) is 14.5 Å². The molecular weight excluding hydrogens is 244 g/mol. The molecule has 4 nitrogen and oxygen atoms in total. The Morgan fingerprint density at radius 3 is 2.78 bits per heavy atom. The van der Waals surface area contributed by atoms with Crippen LogP contribution in [0.2, 0.25) is 0 Å². The minimum Gasteiger partial charge on any atom is -0.398 e. The van der Waals surface area contributed by atoms with Crippen molar-refractivity contribution in [3.63, 3.8) is 0 Å². The maximum absolute atomic E-state index is 5.99. The van der Waals surface area contributed by atoms with Crippen LogP contribution in [-0.2, 0) is 6.54 Å². The van der Waals surface area contributed by atoms with Crippen LogP contribution in [0.1, 0.15) is 13.8 Å². The first-order chi connectivity index (χ1) is 8.53. The van der Waals surface area contributed by atoms with Gasteiger partial charge in [0, 0.05) is 34.9 Å². The Kier molecular flexibility index (Phi) is 3.61. The molecule has 0 radical (unpaired) electrons. The van der Waals surface area contributed by atoms with Gasteiger partial charge in [0.25, 0.3) is 0 Å². The molecule has 96 valence electrons. The first kappa shape index (κ1) is 13.0. The van der Waals surface area contributed by atoms with E-state index in [0.29, 0.717) is 0 Å². The van der Waals surface area contributed by atoms with Gasteiger partial charge in [0.1, 0.15) is 0 Å². The summed E-state index contributed by atoms with van der Waals surface area (Å²) in [4.78, 5) is 8.36. The molecule has 0 spiro atoms. The minimum atomic E-state index is 0.159. The van der Waals surface area contributed by atoms with Gasteiger partial charge in [0.05, 0.1) is 18.2 Å². The quantitative estimate of drug-likeness (QED) is 0.920. The number of aromatic nitrogens is 3. The molecule has 2 heterocycles. The number of hydrogen-bond acceptors (Lipinski definition) is 4. The van der Waals surface area contributed by atoms with Crippen LogP contribution in [0.4, 0.5) is 5.69 Å². The van der Waals surface area contributed by atoms with Gasteiger partial charge in [-0.1, -0.05) is 0 Å². The largest absolute Gasteiger partial charge is 0.398 e. The third-order valence-electron chi connectivity index (χ3n) is 2.95. The summed E-state index contributed by atoms with van der Waals surface area (Å²) >= 11 is 1.84. The van der Waals surface area contributed by atoms with Crippen LogP contribution in [0, 0.1) is 0 Å². The number of thioether (sulfide) groups is 1. The molecule has 0 fully saturated rings. The van der Waals surface area contributed by atoms with E-state index in [9.17, 15) is 0 Å². The molecule has 18 heavy (non-hydrogen) atoms. The Hall–Kier alpha value is -1.49. The second-order valence-corrected chi connectivity index (χ2v) is 6.35. The predicted molar refractivity (Wildman–Crippen MR) is 77.5 cm³/mol. The second kappa shape index (κ2) is 5.02. The Labute approximate surface area is 112 Å². The van der Waals surface area contributed by atoms with Gasteiger partial charge < -0.3 is 10.3 Å². The van der Waals surface area contributed by atoms with Crippen LogP contribution in [0.25, 0.3) is 11.3 Å². The molecule has 0 unspecified atom stereocenters. The molecule has 2 rings (SSSR count). The second-order valence-electron chi connectivity index (χ2n) is 4.83. The summed E-state index contributed by atoms with van der Waals surface area (Å²) in [5.74, 6) is 0. The summed E-state index contributed by atoms with van der Waals surface area (Å²) in [6.45, 7) is 5.32. The number of nitrogen functional groups attached to an aromatic ring is 1. The van der Waals surface area contributed by atoms with Crippen molar-refractivity contribution < 1.29 is 0 Å². The fraction of sp³-hybridized carbons (Fsp3) is 0.385. The first-order valence-electron chi connectivity index (χ1n) is 5.78. The zero-order chi connectivity index (χ0) is 13.2. The molecule has 0 atom stereocenters. The van der Waals surface area contributed by atoms with E-state index in [0.717, 1.165) is 23.5 Å². The standard InChI is InChI=1S/C13H18N4S/c1-13(2,18-3)8-17-9-16-7-12(17)10-6-15-5-4-11(10)14/h4-7,9H,8H2,1-3H3,(H2,14,15). The van der Waals surface area contributed by atoms with Gasteiger partial charge in [-0.2, -0.15) is 11.8 Å². The lowest BCUT2D eigenvalue weighted by Gasteiger charge is -2.23. The van der Waals surface area contributed by atoms with Crippen LogP contribution in [-0.4, -0.2) is 25.5 Å². The third-order valence-corrected chi connectivity index (χ3v) is 4.18. The zero-order valence-electron chi connectivity index (χ0n) is 10.9. The van der Waals surface area contributed by atoms with Crippen molar-refractivity contribution in [2.24, 2.45) is 0 Å². The van der Waals surface area contributed by atoms with Crippen LogP contribution < -0.4 is 5.73 Å². The molecule has 2 aromatic heterocycles. The molecule has 5 heteroatoms. The van der Waals surface area contributed by atoms with Gasteiger partial charge in [-0.05, 0) is 26.2 Å². The summed E-state index contributed by atoms with van der Waals surface area (Å²) in [6.07, 6.45) is 9.29. The first-order valence-corrected chi connectivity index (χ1v) is 7.01. The Morgan fingerprint density at radius 1 is 1.33 bits per heavy atom. The highest BCUT2D eigenvalue weighted by atomic mass is 32.2. The number of nitrogens with zero attached hydrogens (tertiary/aromatic N) is 3. The molecule has 0 aliphatic rings. The summed E-state index contributed by atoms with van der Waals surface area (Å²) in [6, 6.07) is 1.81. The minimum absolute atomic E-state index is 0.159. The predicted octanol–water partition coefficient (Wildman–Crippen LogP) is 2.67. The highest BCUT2D eigenvalue weighted by Gasteiger charge is 2.19. The van der Waals surface area contributed by atoms with Gasteiger partial charge in [0.15, 0.2) is 0 Å². The van der Waals surface area contributed by atoms with Gasteiger partial charge in [-0.3, -0.25) is 4.98 Å². The average Bonchev–Trinajstić information content (AvgIpc) is 2.77. The number of nitrogens with two attached hydrogens (primary N) is 1. The molecule has 0 aliphatic heterocycles. The average molecular weight is 262 g/mol. The van der Waals surface area contributed by atoms with Crippen molar-refractivity contribution in [1.29, 1.82) is 0 Å². The van der Waals surface area contributed by atoms with Gasteiger partial charge >= 0.3 is 0 Å². The summed E-state index contributed by atoms with van der Waals surface area (Å²) < 4.78 is 2.29. The maximum Gasteiger partial charge on any atom is 0.0951 e. The molecule has 0 saturated heterocycles. The van der Waals surface area contributed by atoms with E-state index >= 15 is 0 Å². The highest BCUT2D eigenvalue weighted by molar-refractivity contribution is 7.99. The van der Waals surface area contributed by atoms with E-state index < -0.39 is 0 Å². The Morgan fingerprint density at radius 2 is 2.11 bits per heavy atom. The Balaban J connectivity index is 2.37. The van der Waals surface area contributed by atoms with E-state index in [1.165, 1.54) is 0 Å². The van der Waals surface area contributed by atoms with E-state index in [-0.39, 0.29) is 4.75 Å². The lowest BCUT2D eigenvalue weighted by molar-refractivity contribution is 0.571. The fourth-order valence-electron chi connectivity index (χ4n) is 1.77. The highest BCUT2D eigenvalue weighted by Crippen LogP contribution is 2.28. The molecule has 0 saturated carbocycles. The van der Waals surface area contributed by atoms with Gasteiger partial charge in [-0.25, -0.2) is 4.98 Å². The van der Waals surface area contributed by atoms with Gasteiger partial charge in [0.2, 0.25) is 0 Å².